The number of ether oxygens (including phenoxy) is 2. The quantitative estimate of drug-likeness (QED) is 0.460. The fourth-order valence-corrected chi connectivity index (χ4v) is 1.72. The van der Waals surface area contributed by atoms with E-state index >= 15 is 0 Å². The molecule has 0 bridgehead atoms. The molecule has 0 saturated carbocycles. The third-order valence-electron chi connectivity index (χ3n) is 2.75. The van der Waals surface area contributed by atoms with Crippen molar-refractivity contribution in [2.24, 2.45) is 5.92 Å². The topological polar surface area (TPSA) is 122 Å². The molecule has 1 aromatic rings. The Bertz CT molecular complexity index is 594. The highest BCUT2D eigenvalue weighted by molar-refractivity contribution is 5.75. The Hall–Kier alpha value is -2.97. The van der Waals surface area contributed by atoms with Crippen molar-refractivity contribution in [3.63, 3.8) is 0 Å². The molecule has 21 heavy (non-hydrogen) atoms. The van der Waals surface area contributed by atoms with Crippen LogP contribution in [-0.2, 0) is 20.9 Å². The zero-order valence-electron chi connectivity index (χ0n) is 10.6. The van der Waals surface area contributed by atoms with Gasteiger partial charge in [0.1, 0.15) is 19.1 Å². The predicted molar refractivity (Wildman–Crippen MR) is 68.1 cm³/mol. The molecule has 9 nitrogen and oxygen atoms in total. The van der Waals surface area contributed by atoms with E-state index in [9.17, 15) is 25.0 Å². The largest absolute Gasteiger partial charge is 0.500 e. The number of carbonyl (C=O) groups is 1. The summed E-state index contributed by atoms with van der Waals surface area (Å²) in [6.07, 6.45) is 2.91. The number of esters is 1. The van der Waals surface area contributed by atoms with Gasteiger partial charge in [-0.3, -0.25) is 25.0 Å². The molecule has 0 saturated heterocycles. The number of nitrogens with zero attached hydrogens (tertiary/aromatic N) is 2. The Morgan fingerprint density at radius 2 is 1.86 bits per heavy atom. The molecule has 1 atom stereocenters. The van der Waals surface area contributed by atoms with Crippen LogP contribution in [0.4, 0.5) is 11.4 Å². The van der Waals surface area contributed by atoms with E-state index in [1.807, 2.05) is 0 Å². The average Bonchev–Trinajstić information content (AvgIpc) is 2.98. The van der Waals surface area contributed by atoms with Gasteiger partial charge in [-0.05, 0) is 6.08 Å². The molecule has 1 aromatic carbocycles. The standard InChI is InChI=1S/C12H10N2O7/c15-12(9-1-2-20-7-9)21-6-8-3-10(13(16)17)5-11(4-8)14(18)19/h1-5,9H,6-7H2. The molecule has 1 aliphatic rings. The first-order chi connectivity index (χ1) is 9.97. The van der Waals surface area contributed by atoms with Crippen LogP contribution in [0.3, 0.4) is 0 Å². The van der Waals surface area contributed by atoms with Crippen LogP contribution in [0.5, 0.6) is 0 Å². The molecular formula is C12H10N2O7. The van der Waals surface area contributed by atoms with Crippen molar-refractivity contribution in [3.05, 3.63) is 56.3 Å². The van der Waals surface area contributed by atoms with Crippen molar-refractivity contribution in [2.75, 3.05) is 6.61 Å². The van der Waals surface area contributed by atoms with Crippen LogP contribution in [0.1, 0.15) is 5.56 Å². The Balaban J connectivity index is 2.11. The molecule has 0 amide bonds. The maximum Gasteiger partial charge on any atom is 0.316 e. The Morgan fingerprint density at radius 3 is 2.33 bits per heavy atom. The van der Waals surface area contributed by atoms with Crippen molar-refractivity contribution in [1.29, 1.82) is 0 Å². The molecule has 9 heteroatoms. The molecule has 2 rings (SSSR count). The lowest BCUT2D eigenvalue weighted by Gasteiger charge is -2.08. The Morgan fingerprint density at radius 1 is 1.24 bits per heavy atom. The first-order valence-electron chi connectivity index (χ1n) is 5.85. The summed E-state index contributed by atoms with van der Waals surface area (Å²) in [6, 6.07) is 3.10. The van der Waals surface area contributed by atoms with Gasteiger partial charge in [0.25, 0.3) is 11.4 Å². The molecule has 0 aromatic heterocycles. The second kappa shape index (κ2) is 5.99. The van der Waals surface area contributed by atoms with E-state index in [-0.39, 0.29) is 18.8 Å². The Labute approximate surface area is 118 Å². The number of carbonyl (C=O) groups excluding carboxylic acids is 1. The smallest absolute Gasteiger partial charge is 0.316 e. The zero-order valence-corrected chi connectivity index (χ0v) is 10.6. The normalized spacial score (nSPS) is 16.3. The minimum atomic E-state index is -0.744. The van der Waals surface area contributed by atoms with Crippen LogP contribution in [-0.4, -0.2) is 22.4 Å². The summed E-state index contributed by atoms with van der Waals surface area (Å²) in [4.78, 5) is 31.6. The number of non-ortho nitro benzene ring substituents is 2. The van der Waals surface area contributed by atoms with Crippen molar-refractivity contribution in [1.82, 2.24) is 0 Å². The number of nitro benzene ring substituents is 2. The van der Waals surface area contributed by atoms with Crippen LogP contribution in [0.25, 0.3) is 0 Å². The predicted octanol–water partition coefficient (Wildman–Crippen LogP) is 1.71. The molecule has 1 unspecified atom stereocenters. The van der Waals surface area contributed by atoms with Crippen LogP contribution in [0, 0.1) is 26.1 Å². The molecule has 0 N–H and O–H groups in total. The lowest BCUT2D eigenvalue weighted by atomic mass is 10.1. The van der Waals surface area contributed by atoms with E-state index in [1.165, 1.54) is 12.3 Å². The van der Waals surface area contributed by atoms with Gasteiger partial charge < -0.3 is 9.47 Å². The summed E-state index contributed by atoms with van der Waals surface area (Å²) in [7, 11) is 0. The van der Waals surface area contributed by atoms with Crippen molar-refractivity contribution >= 4 is 17.3 Å². The lowest BCUT2D eigenvalue weighted by Crippen LogP contribution is -2.17. The SMILES string of the molecule is O=C(OCc1cc([N+](=O)[O-])cc([N+](=O)[O-])c1)C1C=COC1. The highest BCUT2D eigenvalue weighted by atomic mass is 16.6. The fourth-order valence-electron chi connectivity index (χ4n) is 1.72. The van der Waals surface area contributed by atoms with Crippen LogP contribution in [0.15, 0.2) is 30.5 Å². The number of hydrogen-bond donors (Lipinski definition) is 0. The average molecular weight is 294 g/mol. The molecule has 1 aliphatic heterocycles. The molecule has 1 heterocycles. The van der Waals surface area contributed by atoms with Crippen molar-refractivity contribution < 1.29 is 24.1 Å². The van der Waals surface area contributed by atoms with E-state index in [4.69, 9.17) is 9.47 Å². The van der Waals surface area contributed by atoms with Crippen LogP contribution < -0.4 is 0 Å². The van der Waals surface area contributed by atoms with Gasteiger partial charge in [0.2, 0.25) is 0 Å². The van der Waals surface area contributed by atoms with Gasteiger partial charge in [0.05, 0.1) is 22.2 Å². The van der Waals surface area contributed by atoms with Gasteiger partial charge in [-0.25, -0.2) is 0 Å². The maximum absolute atomic E-state index is 11.6. The minimum Gasteiger partial charge on any atom is -0.500 e. The van der Waals surface area contributed by atoms with E-state index in [0.29, 0.717) is 0 Å². The molecule has 110 valence electrons. The molecule has 0 fully saturated rings. The van der Waals surface area contributed by atoms with Crippen molar-refractivity contribution in [2.45, 2.75) is 6.61 Å². The first kappa shape index (κ1) is 14.4. The van der Waals surface area contributed by atoms with Crippen LogP contribution in [0.2, 0.25) is 0 Å². The highest BCUT2D eigenvalue weighted by Gasteiger charge is 2.22. The van der Waals surface area contributed by atoms with Gasteiger partial charge in [0, 0.05) is 17.7 Å². The summed E-state index contributed by atoms with van der Waals surface area (Å²) in [5, 5.41) is 21.4. The molecule has 0 spiro atoms. The first-order valence-corrected chi connectivity index (χ1v) is 5.85. The van der Waals surface area contributed by atoms with Gasteiger partial charge in [-0.2, -0.15) is 0 Å². The summed E-state index contributed by atoms with van der Waals surface area (Å²) in [6.45, 7) is -0.111. The molecular weight excluding hydrogens is 284 g/mol. The van der Waals surface area contributed by atoms with E-state index in [0.717, 1.165) is 18.2 Å². The molecule has 0 radical (unpaired) electrons. The zero-order chi connectivity index (χ0) is 15.4. The van der Waals surface area contributed by atoms with Gasteiger partial charge in [0.15, 0.2) is 0 Å². The third-order valence-corrected chi connectivity index (χ3v) is 2.75. The monoisotopic (exact) mass is 294 g/mol. The molecule has 0 aliphatic carbocycles. The summed E-state index contributed by atoms with van der Waals surface area (Å²) >= 11 is 0. The Kier molecular flexibility index (Phi) is 4.12. The van der Waals surface area contributed by atoms with Gasteiger partial charge in [-0.1, -0.05) is 0 Å². The number of nitro groups is 2. The summed E-state index contributed by atoms with van der Waals surface area (Å²) < 4.78 is 9.84. The van der Waals surface area contributed by atoms with E-state index < -0.39 is 33.1 Å². The lowest BCUT2D eigenvalue weighted by molar-refractivity contribution is -0.394. The van der Waals surface area contributed by atoms with Gasteiger partial charge in [-0.15, -0.1) is 0 Å². The fraction of sp³-hybridized carbons (Fsp3) is 0.250. The second-order valence-electron chi connectivity index (χ2n) is 4.25. The highest BCUT2D eigenvalue weighted by Crippen LogP contribution is 2.23. The number of benzene rings is 1. The maximum atomic E-state index is 11.6. The van der Waals surface area contributed by atoms with Crippen LogP contribution >= 0.6 is 0 Å². The second-order valence-corrected chi connectivity index (χ2v) is 4.25. The van der Waals surface area contributed by atoms with E-state index in [2.05, 4.69) is 0 Å². The van der Waals surface area contributed by atoms with Gasteiger partial charge >= 0.3 is 5.97 Å². The summed E-state index contributed by atoms with van der Waals surface area (Å²) in [5.74, 6) is -1.09. The minimum absolute atomic E-state index is 0.173. The number of hydrogen-bond acceptors (Lipinski definition) is 7. The van der Waals surface area contributed by atoms with Crippen molar-refractivity contribution in [3.8, 4) is 0 Å². The third kappa shape index (κ3) is 3.53. The van der Waals surface area contributed by atoms with E-state index in [1.54, 1.807) is 0 Å². The number of rotatable bonds is 5. The summed E-state index contributed by atoms with van der Waals surface area (Å²) in [5.41, 5.74) is -0.689.